The largest absolute Gasteiger partial charge is 0.497 e. The van der Waals surface area contributed by atoms with Crippen molar-refractivity contribution in [1.82, 2.24) is 4.98 Å². The van der Waals surface area contributed by atoms with Crippen LogP contribution in [0.1, 0.15) is 29.4 Å². The van der Waals surface area contributed by atoms with Crippen molar-refractivity contribution in [3.63, 3.8) is 0 Å². The predicted molar refractivity (Wildman–Crippen MR) is 116 cm³/mol. The van der Waals surface area contributed by atoms with Crippen molar-refractivity contribution in [1.29, 1.82) is 0 Å². The van der Waals surface area contributed by atoms with Crippen molar-refractivity contribution < 1.29 is 23.5 Å². The molecule has 0 saturated heterocycles. The lowest BCUT2D eigenvalue weighted by atomic mass is 9.96. The first kappa shape index (κ1) is 20.7. The smallest absolute Gasteiger partial charge is 0.356 e. The number of ether oxygens (including phenoxy) is 2. The van der Waals surface area contributed by atoms with Gasteiger partial charge in [0.05, 0.1) is 32.0 Å². The van der Waals surface area contributed by atoms with E-state index in [0.29, 0.717) is 22.3 Å². The fourth-order valence-electron chi connectivity index (χ4n) is 4.06. The van der Waals surface area contributed by atoms with Crippen LogP contribution in [0.3, 0.4) is 0 Å². The number of halogens is 1. The molecule has 31 heavy (non-hydrogen) atoms. The van der Waals surface area contributed by atoms with E-state index < -0.39 is 5.97 Å². The molecule has 2 heterocycles. The number of hydrogen-bond acceptors (Lipinski definition) is 5. The molecule has 1 aromatic heterocycles. The summed E-state index contributed by atoms with van der Waals surface area (Å²) in [6.45, 7) is 2.11. The minimum Gasteiger partial charge on any atom is -0.497 e. The molecule has 8 heteroatoms. The second-order valence-corrected chi connectivity index (χ2v) is 7.61. The average Bonchev–Trinajstić information content (AvgIpc) is 3.12. The fraction of sp³-hybridized carbons (Fsp3) is 0.304. The van der Waals surface area contributed by atoms with Gasteiger partial charge in [-0.15, -0.1) is 0 Å². The number of fused-ring (bicyclic) bond motifs is 2. The van der Waals surface area contributed by atoms with Crippen LogP contribution in [-0.2, 0) is 16.0 Å². The normalized spacial score (nSPS) is 15.5. The molecule has 1 atom stereocenters. The molecule has 0 spiro atoms. The first-order chi connectivity index (χ1) is 14.9. The van der Waals surface area contributed by atoms with E-state index >= 15 is 0 Å². The Hall–Kier alpha value is -3.55. The van der Waals surface area contributed by atoms with Crippen LogP contribution in [0.5, 0.6) is 5.75 Å². The Bertz CT molecular complexity index is 1160. The number of carbonyl (C=O) groups is 2. The highest BCUT2D eigenvalue weighted by atomic mass is 19.1. The molecule has 4 rings (SSSR count). The molecule has 0 aliphatic carbocycles. The summed E-state index contributed by atoms with van der Waals surface area (Å²) < 4.78 is 23.7. The zero-order chi connectivity index (χ0) is 22.1. The first-order valence-corrected chi connectivity index (χ1v) is 10.0. The zero-order valence-corrected chi connectivity index (χ0v) is 17.6. The monoisotopic (exact) mass is 425 g/mol. The number of hydrogen-bond donors (Lipinski definition) is 2. The molecule has 1 aliphatic heterocycles. The third-order valence-corrected chi connectivity index (χ3v) is 5.69. The van der Waals surface area contributed by atoms with Crippen molar-refractivity contribution >= 4 is 34.2 Å². The molecule has 0 unspecified atom stereocenters. The van der Waals surface area contributed by atoms with Gasteiger partial charge in [0.2, 0.25) is 5.91 Å². The lowest BCUT2D eigenvalue weighted by Gasteiger charge is -2.36. The molecule has 2 N–H and O–H groups in total. The van der Waals surface area contributed by atoms with Crippen LogP contribution in [0.4, 0.5) is 15.8 Å². The van der Waals surface area contributed by atoms with Crippen molar-refractivity contribution in [3.8, 4) is 5.75 Å². The van der Waals surface area contributed by atoms with Gasteiger partial charge in [0, 0.05) is 23.2 Å². The van der Waals surface area contributed by atoms with Gasteiger partial charge < -0.3 is 24.7 Å². The Balaban J connectivity index is 1.64. The van der Waals surface area contributed by atoms with Crippen LogP contribution in [0.2, 0.25) is 0 Å². The molecule has 1 aliphatic rings. The van der Waals surface area contributed by atoms with Crippen LogP contribution in [0, 0.1) is 5.82 Å². The molecular formula is C23H24FN3O4. The second-order valence-electron chi connectivity index (χ2n) is 7.61. The lowest BCUT2D eigenvalue weighted by molar-refractivity contribution is -0.115. The summed E-state index contributed by atoms with van der Waals surface area (Å²) in [6.07, 6.45) is 1.59. The minimum absolute atomic E-state index is 0.0727. The number of amides is 1. The maximum atomic E-state index is 13.6. The summed E-state index contributed by atoms with van der Waals surface area (Å²) in [5, 5.41) is 3.54. The molecule has 0 radical (unpaired) electrons. The number of esters is 1. The van der Waals surface area contributed by atoms with Crippen molar-refractivity contribution in [2.45, 2.75) is 25.8 Å². The van der Waals surface area contributed by atoms with Gasteiger partial charge >= 0.3 is 5.97 Å². The van der Waals surface area contributed by atoms with Crippen LogP contribution in [-0.4, -0.2) is 43.7 Å². The summed E-state index contributed by atoms with van der Waals surface area (Å²) >= 11 is 0. The van der Waals surface area contributed by atoms with Crippen LogP contribution in [0.15, 0.2) is 36.4 Å². The quantitative estimate of drug-likeness (QED) is 0.606. The average molecular weight is 425 g/mol. The van der Waals surface area contributed by atoms with E-state index in [0.717, 1.165) is 24.1 Å². The van der Waals surface area contributed by atoms with Gasteiger partial charge in [-0.1, -0.05) is 0 Å². The number of methoxy groups -OCH3 is 2. The van der Waals surface area contributed by atoms with E-state index in [1.165, 1.54) is 19.2 Å². The van der Waals surface area contributed by atoms with Gasteiger partial charge in [0.25, 0.3) is 0 Å². The third kappa shape index (κ3) is 3.93. The molecule has 162 valence electrons. The number of benzene rings is 2. The van der Waals surface area contributed by atoms with E-state index in [-0.39, 0.29) is 30.0 Å². The van der Waals surface area contributed by atoms with E-state index in [1.54, 1.807) is 31.4 Å². The Morgan fingerprint density at radius 2 is 2.03 bits per heavy atom. The summed E-state index contributed by atoms with van der Waals surface area (Å²) in [6, 6.07) is 10.0. The highest BCUT2D eigenvalue weighted by molar-refractivity contribution is 6.11. The number of carbonyl (C=O) groups excluding carboxylic acids is 2. The Kier molecular flexibility index (Phi) is 5.54. The number of nitrogens with zero attached hydrogens (tertiary/aromatic N) is 1. The highest BCUT2D eigenvalue weighted by Gasteiger charge is 2.27. The molecule has 1 amide bonds. The number of rotatable bonds is 5. The number of anilines is 2. The van der Waals surface area contributed by atoms with Crippen molar-refractivity contribution in [2.75, 3.05) is 31.0 Å². The SMILES string of the molecule is COC(=O)c1[nH]c2cc(OC)ccc2c1NC(=O)CN1c2ccc(F)cc2CC[C@H]1C. The Morgan fingerprint density at radius 3 is 2.77 bits per heavy atom. The number of nitrogens with one attached hydrogen (secondary N) is 2. The number of H-pyrrole nitrogens is 1. The van der Waals surface area contributed by atoms with Crippen LogP contribution >= 0.6 is 0 Å². The lowest BCUT2D eigenvalue weighted by Crippen LogP contribution is -2.42. The number of aromatic nitrogens is 1. The highest BCUT2D eigenvalue weighted by Crippen LogP contribution is 2.33. The molecule has 0 saturated carbocycles. The topological polar surface area (TPSA) is 83.7 Å². The molecule has 7 nitrogen and oxygen atoms in total. The second kappa shape index (κ2) is 8.29. The summed E-state index contributed by atoms with van der Waals surface area (Å²) in [5.74, 6) is -0.535. The van der Waals surface area contributed by atoms with Gasteiger partial charge in [-0.2, -0.15) is 0 Å². The van der Waals surface area contributed by atoms with Gasteiger partial charge in [-0.25, -0.2) is 9.18 Å². The van der Waals surface area contributed by atoms with Crippen molar-refractivity contribution in [3.05, 3.63) is 53.5 Å². The minimum atomic E-state index is -0.586. The summed E-state index contributed by atoms with van der Waals surface area (Å²) in [4.78, 5) is 30.3. The molecule has 0 bridgehead atoms. The van der Waals surface area contributed by atoms with Gasteiger partial charge in [-0.05, 0) is 55.7 Å². The molecule has 0 fully saturated rings. The first-order valence-electron chi connectivity index (χ1n) is 10.0. The molecule has 2 aromatic carbocycles. The van der Waals surface area contributed by atoms with Gasteiger partial charge in [0.15, 0.2) is 0 Å². The summed E-state index contributed by atoms with van der Waals surface area (Å²) in [5.41, 5.74) is 2.90. The standard InChI is InChI=1S/C23H24FN3O4/c1-13-4-5-14-10-15(24)6-9-19(14)27(13)12-20(28)26-21-17-8-7-16(30-2)11-18(17)25-22(21)23(29)31-3/h6-11,13,25H,4-5,12H2,1-3H3,(H,26,28)/t13-/m1/s1. The zero-order valence-electron chi connectivity index (χ0n) is 17.6. The predicted octanol–water partition coefficient (Wildman–Crippen LogP) is 3.88. The maximum Gasteiger partial charge on any atom is 0.356 e. The van der Waals surface area contributed by atoms with Gasteiger partial charge in [0.1, 0.15) is 17.3 Å². The van der Waals surface area contributed by atoms with E-state index in [9.17, 15) is 14.0 Å². The Morgan fingerprint density at radius 1 is 1.23 bits per heavy atom. The van der Waals surface area contributed by atoms with E-state index in [2.05, 4.69) is 10.3 Å². The summed E-state index contributed by atoms with van der Waals surface area (Å²) in [7, 11) is 2.84. The molecular weight excluding hydrogens is 401 g/mol. The Labute approximate surface area is 179 Å². The fourth-order valence-corrected chi connectivity index (χ4v) is 4.06. The van der Waals surface area contributed by atoms with E-state index in [4.69, 9.17) is 9.47 Å². The molecule has 3 aromatic rings. The van der Waals surface area contributed by atoms with Crippen LogP contribution in [0.25, 0.3) is 10.9 Å². The number of aromatic amines is 1. The third-order valence-electron chi connectivity index (χ3n) is 5.69. The van der Waals surface area contributed by atoms with Crippen LogP contribution < -0.4 is 15.0 Å². The van der Waals surface area contributed by atoms with Crippen molar-refractivity contribution in [2.24, 2.45) is 0 Å². The maximum absolute atomic E-state index is 13.6. The van der Waals surface area contributed by atoms with E-state index in [1.807, 2.05) is 11.8 Å². The number of aryl methyl sites for hydroxylation is 1. The van der Waals surface area contributed by atoms with Gasteiger partial charge in [-0.3, -0.25) is 4.79 Å².